The van der Waals surface area contributed by atoms with Crippen LogP contribution in [0.1, 0.15) is 20.8 Å². The Morgan fingerprint density at radius 1 is 1.32 bits per heavy atom. The molecule has 0 aliphatic carbocycles. The molecule has 19 heavy (non-hydrogen) atoms. The van der Waals surface area contributed by atoms with Gasteiger partial charge in [-0.3, -0.25) is 0 Å². The van der Waals surface area contributed by atoms with Gasteiger partial charge in [-0.1, -0.05) is 20.8 Å². The first kappa shape index (κ1) is 13.9. The quantitative estimate of drug-likeness (QED) is 0.753. The molecule has 2 rings (SSSR count). The van der Waals surface area contributed by atoms with Crippen molar-refractivity contribution in [2.75, 3.05) is 12.3 Å². The number of nitrogens with one attached hydrogen (secondary N) is 2. The molecule has 104 valence electrons. The molecule has 5 nitrogen and oxygen atoms in total. The maximum Gasteiger partial charge on any atom is 0.242 e. The third-order valence-electron chi connectivity index (χ3n) is 2.75. The van der Waals surface area contributed by atoms with Crippen molar-refractivity contribution in [3.63, 3.8) is 0 Å². The molecule has 0 unspecified atom stereocenters. The molecule has 0 radical (unpaired) electrons. The predicted octanol–water partition coefficient (Wildman–Crippen LogP) is 2.07. The summed E-state index contributed by atoms with van der Waals surface area (Å²) in [4.78, 5) is 3.18. The summed E-state index contributed by atoms with van der Waals surface area (Å²) in [5.41, 5.74) is 6.89. The summed E-state index contributed by atoms with van der Waals surface area (Å²) in [6, 6.07) is 5.17. The van der Waals surface area contributed by atoms with Crippen molar-refractivity contribution in [1.29, 1.82) is 0 Å². The monoisotopic (exact) mass is 281 g/mol. The fraction of sp³-hybridized carbons (Fsp3) is 0.385. The van der Waals surface area contributed by atoms with E-state index in [9.17, 15) is 8.42 Å². The number of H-pyrrole nitrogens is 1. The van der Waals surface area contributed by atoms with Crippen LogP contribution in [0.5, 0.6) is 0 Å². The topological polar surface area (TPSA) is 88.0 Å². The number of benzene rings is 1. The molecule has 0 saturated carbocycles. The van der Waals surface area contributed by atoms with Gasteiger partial charge in [0.15, 0.2) is 0 Å². The normalized spacial score (nSPS) is 13.0. The number of anilines is 1. The van der Waals surface area contributed by atoms with Crippen LogP contribution < -0.4 is 10.5 Å². The molecule has 0 aliphatic rings. The Balaban J connectivity index is 2.41. The molecule has 0 fully saturated rings. The highest BCUT2D eigenvalue weighted by Crippen LogP contribution is 2.25. The molecule has 0 saturated heterocycles. The molecule has 0 atom stereocenters. The van der Waals surface area contributed by atoms with Gasteiger partial charge in [0.05, 0.1) is 0 Å². The Hall–Kier alpha value is -1.53. The van der Waals surface area contributed by atoms with E-state index >= 15 is 0 Å². The fourth-order valence-corrected chi connectivity index (χ4v) is 3.18. The Bertz CT molecular complexity index is 696. The molecular formula is C13H19N3O2S. The maximum absolute atomic E-state index is 12.3. The lowest BCUT2D eigenvalue weighted by Crippen LogP contribution is -2.32. The van der Waals surface area contributed by atoms with Crippen molar-refractivity contribution in [2.24, 2.45) is 5.41 Å². The number of nitrogens with two attached hydrogens (primary N) is 1. The van der Waals surface area contributed by atoms with E-state index in [2.05, 4.69) is 9.71 Å². The number of hydrogen-bond acceptors (Lipinski definition) is 3. The van der Waals surface area contributed by atoms with E-state index in [1.165, 1.54) is 6.20 Å². The van der Waals surface area contributed by atoms with Crippen molar-refractivity contribution in [3.8, 4) is 0 Å². The zero-order valence-electron chi connectivity index (χ0n) is 11.3. The van der Waals surface area contributed by atoms with Gasteiger partial charge >= 0.3 is 0 Å². The lowest BCUT2D eigenvalue weighted by Gasteiger charge is -2.18. The van der Waals surface area contributed by atoms with Crippen LogP contribution in [0.2, 0.25) is 0 Å². The maximum atomic E-state index is 12.3. The summed E-state index contributed by atoms with van der Waals surface area (Å²) < 4.78 is 27.2. The van der Waals surface area contributed by atoms with E-state index in [1.54, 1.807) is 18.2 Å². The molecule has 1 aromatic carbocycles. The third-order valence-corrected chi connectivity index (χ3v) is 4.19. The molecule has 1 aromatic heterocycles. The van der Waals surface area contributed by atoms with Crippen molar-refractivity contribution in [3.05, 3.63) is 24.4 Å². The first-order valence-electron chi connectivity index (χ1n) is 6.05. The Morgan fingerprint density at radius 2 is 2.00 bits per heavy atom. The second-order valence-electron chi connectivity index (χ2n) is 5.84. The van der Waals surface area contributed by atoms with E-state index in [4.69, 9.17) is 5.73 Å². The largest absolute Gasteiger partial charge is 0.399 e. The molecule has 1 heterocycles. The Kier molecular flexibility index (Phi) is 3.32. The molecule has 6 heteroatoms. The zero-order valence-corrected chi connectivity index (χ0v) is 12.1. The summed E-state index contributed by atoms with van der Waals surface area (Å²) in [6.45, 7) is 6.30. The van der Waals surface area contributed by atoms with E-state index in [0.29, 0.717) is 17.6 Å². The van der Waals surface area contributed by atoms with Gasteiger partial charge in [-0.15, -0.1) is 0 Å². The Labute approximate surface area is 113 Å². The van der Waals surface area contributed by atoms with Gasteiger partial charge in [-0.2, -0.15) is 0 Å². The summed E-state index contributed by atoms with van der Waals surface area (Å²) in [6.07, 6.45) is 1.50. The van der Waals surface area contributed by atoms with Gasteiger partial charge in [-0.25, -0.2) is 13.1 Å². The van der Waals surface area contributed by atoms with Crippen LogP contribution in [-0.4, -0.2) is 19.9 Å². The minimum Gasteiger partial charge on any atom is -0.399 e. The zero-order chi connectivity index (χ0) is 14.3. The molecule has 0 amide bonds. The average molecular weight is 281 g/mol. The number of aromatic amines is 1. The molecule has 0 aliphatic heterocycles. The second kappa shape index (κ2) is 4.54. The van der Waals surface area contributed by atoms with E-state index in [0.717, 1.165) is 5.52 Å². The first-order chi connectivity index (χ1) is 8.69. The molecule has 4 N–H and O–H groups in total. The minimum atomic E-state index is -3.53. The molecule has 0 bridgehead atoms. The lowest BCUT2D eigenvalue weighted by atomic mass is 9.98. The average Bonchev–Trinajstić information content (AvgIpc) is 2.69. The number of nitrogen functional groups attached to an aromatic ring is 1. The molecular weight excluding hydrogens is 262 g/mol. The van der Waals surface area contributed by atoms with E-state index < -0.39 is 10.0 Å². The van der Waals surface area contributed by atoms with Gasteiger partial charge in [0.25, 0.3) is 0 Å². The summed E-state index contributed by atoms with van der Waals surface area (Å²) in [5.74, 6) is 0. The number of sulfonamides is 1. The van der Waals surface area contributed by atoms with Crippen molar-refractivity contribution in [2.45, 2.75) is 25.7 Å². The van der Waals surface area contributed by atoms with Crippen LogP contribution in [0, 0.1) is 5.41 Å². The van der Waals surface area contributed by atoms with E-state index in [-0.39, 0.29) is 10.3 Å². The van der Waals surface area contributed by atoms with Gasteiger partial charge in [-0.05, 0) is 23.6 Å². The van der Waals surface area contributed by atoms with Gasteiger partial charge < -0.3 is 10.7 Å². The van der Waals surface area contributed by atoms with Gasteiger partial charge in [0, 0.05) is 29.3 Å². The number of hydrogen-bond donors (Lipinski definition) is 3. The van der Waals surface area contributed by atoms with Crippen molar-refractivity contribution >= 4 is 26.6 Å². The third kappa shape index (κ3) is 3.08. The number of aromatic nitrogens is 1. The van der Waals surface area contributed by atoms with Gasteiger partial charge in [0.2, 0.25) is 10.0 Å². The molecule has 2 aromatic rings. The standard InChI is InChI=1S/C13H19N3O2S/c1-13(2,3)8-16-19(17,18)12-7-15-11-5-4-9(14)6-10(11)12/h4-7,15-16H,8,14H2,1-3H3. The fourth-order valence-electron chi connectivity index (χ4n) is 1.72. The second-order valence-corrected chi connectivity index (χ2v) is 7.58. The van der Waals surface area contributed by atoms with Crippen LogP contribution >= 0.6 is 0 Å². The van der Waals surface area contributed by atoms with Crippen LogP contribution in [0.25, 0.3) is 10.9 Å². The minimum absolute atomic E-state index is 0.113. The van der Waals surface area contributed by atoms with Crippen LogP contribution in [0.4, 0.5) is 5.69 Å². The molecule has 0 spiro atoms. The number of rotatable bonds is 3. The predicted molar refractivity (Wildman–Crippen MR) is 77.4 cm³/mol. The highest BCUT2D eigenvalue weighted by molar-refractivity contribution is 7.89. The highest BCUT2D eigenvalue weighted by atomic mass is 32.2. The van der Waals surface area contributed by atoms with Gasteiger partial charge in [0.1, 0.15) is 4.90 Å². The van der Waals surface area contributed by atoms with Crippen LogP contribution in [0.15, 0.2) is 29.3 Å². The summed E-state index contributed by atoms with van der Waals surface area (Å²) in [7, 11) is -3.53. The first-order valence-corrected chi connectivity index (χ1v) is 7.54. The SMILES string of the molecule is CC(C)(C)CNS(=O)(=O)c1c[nH]c2ccc(N)cc12. The highest BCUT2D eigenvalue weighted by Gasteiger charge is 2.21. The van der Waals surface area contributed by atoms with Crippen LogP contribution in [-0.2, 0) is 10.0 Å². The smallest absolute Gasteiger partial charge is 0.242 e. The van der Waals surface area contributed by atoms with Crippen molar-refractivity contribution < 1.29 is 8.42 Å². The summed E-state index contributed by atoms with van der Waals surface area (Å²) >= 11 is 0. The van der Waals surface area contributed by atoms with Crippen LogP contribution in [0.3, 0.4) is 0 Å². The Morgan fingerprint density at radius 3 is 2.63 bits per heavy atom. The number of fused-ring (bicyclic) bond motifs is 1. The summed E-state index contributed by atoms with van der Waals surface area (Å²) in [5, 5.41) is 0.612. The van der Waals surface area contributed by atoms with Crippen molar-refractivity contribution in [1.82, 2.24) is 9.71 Å². The lowest BCUT2D eigenvalue weighted by molar-refractivity contribution is 0.408. The van der Waals surface area contributed by atoms with E-state index in [1.807, 2.05) is 20.8 Å².